The SMILES string of the molecule is CCCN1C(=O)C2CC=C3C(CC4C(=O)N(c5ccc(F)c(Cl)c5)C(=O)C4(C)C3c3cccc(C)c3O)C2C1=O. The van der Waals surface area contributed by atoms with Crippen LogP contribution in [-0.4, -0.2) is 40.2 Å². The van der Waals surface area contributed by atoms with Gasteiger partial charge in [0.25, 0.3) is 0 Å². The van der Waals surface area contributed by atoms with Crippen LogP contribution in [0.15, 0.2) is 48.0 Å². The third-order valence-corrected chi connectivity index (χ3v) is 9.84. The van der Waals surface area contributed by atoms with Crippen molar-refractivity contribution < 1.29 is 28.7 Å². The van der Waals surface area contributed by atoms with Gasteiger partial charge in [-0.3, -0.25) is 24.1 Å². The van der Waals surface area contributed by atoms with Crippen LogP contribution in [-0.2, 0) is 19.2 Å². The fourth-order valence-electron chi connectivity index (χ4n) is 7.65. The molecule has 0 spiro atoms. The van der Waals surface area contributed by atoms with Crippen molar-refractivity contribution in [3.05, 3.63) is 70.0 Å². The zero-order valence-corrected chi connectivity index (χ0v) is 23.2. The van der Waals surface area contributed by atoms with Gasteiger partial charge in [-0.25, -0.2) is 9.29 Å². The number of imide groups is 2. The molecule has 2 aliphatic carbocycles. The molecule has 2 heterocycles. The average Bonchev–Trinajstić information content (AvgIpc) is 3.28. The predicted molar refractivity (Wildman–Crippen MR) is 146 cm³/mol. The summed E-state index contributed by atoms with van der Waals surface area (Å²) >= 11 is 6.03. The van der Waals surface area contributed by atoms with Gasteiger partial charge in [-0.1, -0.05) is 48.4 Å². The Morgan fingerprint density at radius 1 is 1.07 bits per heavy atom. The Kier molecular flexibility index (Phi) is 6.18. The number of carbonyl (C=O) groups excluding carboxylic acids is 4. The number of amides is 4. The van der Waals surface area contributed by atoms with Crippen molar-refractivity contribution in [2.75, 3.05) is 11.4 Å². The molecule has 40 heavy (non-hydrogen) atoms. The smallest absolute Gasteiger partial charge is 0.241 e. The van der Waals surface area contributed by atoms with Crippen molar-refractivity contribution >= 4 is 40.9 Å². The van der Waals surface area contributed by atoms with E-state index in [0.717, 1.165) is 16.5 Å². The number of benzene rings is 2. The molecule has 6 atom stereocenters. The Balaban J connectivity index is 1.53. The van der Waals surface area contributed by atoms with Gasteiger partial charge in [0.2, 0.25) is 23.6 Å². The molecule has 6 rings (SSSR count). The molecule has 2 saturated heterocycles. The molecular weight excluding hydrogens is 535 g/mol. The first kappa shape index (κ1) is 26.7. The highest BCUT2D eigenvalue weighted by molar-refractivity contribution is 6.31. The van der Waals surface area contributed by atoms with Crippen LogP contribution >= 0.6 is 11.6 Å². The molecule has 4 amide bonds. The lowest BCUT2D eigenvalue weighted by Crippen LogP contribution is -2.49. The number of fused-ring (bicyclic) bond motifs is 4. The molecule has 4 aliphatic rings. The van der Waals surface area contributed by atoms with E-state index in [-0.39, 0.29) is 34.7 Å². The number of rotatable bonds is 4. The highest BCUT2D eigenvalue weighted by Crippen LogP contribution is 2.64. The molecular formula is C31H30ClFN2O5. The Morgan fingerprint density at radius 3 is 2.52 bits per heavy atom. The van der Waals surface area contributed by atoms with E-state index in [1.54, 1.807) is 32.0 Å². The van der Waals surface area contributed by atoms with Crippen LogP contribution in [0.3, 0.4) is 0 Å². The van der Waals surface area contributed by atoms with Crippen LogP contribution in [0.1, 0.15) is 50.2 Å². The van der Waals surface area contributed by atoms with Crippen LogP contribution in [0.25, 0.3) is 0 Å². The van der Waals surface area contributed by atoms with Crippen molar-refractivity contribution in [1.82, 2.24) is 4.90 Å². The molecule has 3 fully saturated rings. The lowest BCUT2D eigenvalue weighted by atomic mass is 9.51. The van der Waals surface area contributed by atoms with Gasteiger partial charge >= 0.3 is 0 Å². The third-order valence-electron chi connectivity index (χ3n) is 9.55. The number of likely N-dealkylation sites (tertiary alicyclic amines) is 1. The highest BCUT2D eigenvalue weighted by atomic mass is 35.5. The summed E-state index contributed by atoms with van der Waals surface area (Å²) in [7, 11) is 0. The summed E-state index contributed by atoms with van der Waals surface area (Å²) in [6.45, 7) is 5.75. The second-order valence-corrected chi connectivity index (χ2v) is 12.0. The van der Waals surface area contributed by atoms with E-state index in [1.165, 1.54) is 17.0 Å². The van der Waals surface area contributed by atoms with Crippen molar-refractivity contribution in [2.45, 2.75) is 46.0 Å². The fraction of sp³-hybridized carbons (Fsp3) is 0.419. The first-order valence-corrected chi connectivity index (χ1v) is 14.1. The Labute approximate surface area is 236 Å². The van der Waals surface area contributed by atoms with Gasteiger partial charge in [-0.05, 0) is 62.8 Å². The number of nitrogens with zero attached hydrogens (tertiary/aromatic N) is 2. The second-order valence-electron chi connectivity index (χ2n) is 11.6. The lowest BCUT2D eigenvalue weighted by molar-refractivity contribution is -0.140. The molecule has 7 nitrogen and oxygen atoms in total. The van der Waals surface area contributed by atoms with Crippen LogP contribution in [0.5, 0.6) is 5.75 Å². The number of carbonyl (C=O) groups is 4. The Hall–Kier alpha value is -3.52. The first-order valence-electron chi connectivity index (χ1n) is 13.7. The molecule has 2 aromatic rings. The maximum atomic E-state index is 14.3. The number of anilines is 1. The molecule has 208 valence electrons. The van der Waals surface area contributed by atoms with Crippen molar-refractivity contribution in [2.24, 2.45) is 29.1 Å². The quantitative estimate of drug-likeness (QED) is 0.410. The number of para-hydroxylation sites is 1. The van der Waals surface area contributed by atoms with E-state index in [1.807, 2.05) is 13.0 Å². The standard InChI is InChI=1S/C31H30ClFN2O5/c1-4-12-34-27(37)18-10-9-17-20(24(18)29(34)39)14-21-28(38)35(16-8-11-23(33)22(32)13-16)30(40)31(21,3)25(17)19-7-5-6-15(2)26(19)36/h5-9,11,13,18,20-21,24-25,36H,4,10,12,14H2,1-3H3. The van der Waals surface area contributed by atoms with E-state index in [0.29, 0.717) is 30.5 Å². The molecule has 1 saturated carbocycles. The summed E-state index contributed by atoms with van der Waals surface area (Å²) in [4.78, 5) is 57.7. The number of halogens is 2. The molecule has 0 aromatic heterocycles. The Bertz CT molecular complexity index is 1520. The summed E-state index contributed by atoms with van der Waals surface area (Å²) in [5, 5.41) is 11.0. The number of phenols is 1. The summed E-state index contributed by atoms with van der Waals surface area (Å²) in [6, 6.07) is 9.04. The van der Waals surface area contributed by atoms with Gasteiger partial charge in [0.15, 0.2) is 0 Å². The summed E-state index contributed by atoms with van der Waals surface area (Å²) in [6.07, 6.45) is 3.16. The van der Waals surface area contributed by atoms with E-state index in [9.17, 15) is 28.7 Å². The largest absolute Gasteiger partial charge is 0.507 e. The number of aryl methyl sites for hydroxylation is 1. The first-order chi connectivity index (χ1) is 19.0. The monoisotopic (exact) mass is 564 g/mol. The topological polar surface area (TPSA) is 95.0 Å². The van der Waals surface area contributed by atoms with Crippen LogP contribution in [0.4, 0.5) is 10.1 Å². The maximum Gasteiger partial charge on any atom is 0.241 e. The summed E-state index contributed by atoms with van der Waals surface area (Å²) in [5.41, 5.74) is 0.798. The van der Waals surface area contributed by atoms with Crippen molar-refractivity contribution in [3.63, 3.8) is 0 Å². The normalized spacial score (nSPS) is 31.3. The van der Waals surface area contributed by atoms with Crippen molar-refractivity contribution in [3.8, 4) is 5.75 Å². The molecule has 9 heteroatoms. The average molecular weight is 565 g/mol. The van der Waals surface area contributed by atoms with Gasteiger partial charge in [0.05, 0.1) is 33.9 Å². The van der Waals surface area contributed by atoms with Crippen molar-refractivity contribution in [1.29, 1.82) is 0 Å². The number of phenolic OH excluding ortho intramolecular Hbond substituents is 1. The molecule has 2 aromatic carbocycles. The minimum absolute atomic E-state index is 0.0288. The van der Waals surface area contributed by atoms with Gasteiger partial charge in [-0.2, -0.15) is 0 Å². The minimum atomic E-state index is -1.30. The predicted octanol–water partition coefficient (Wildman–Crippen LogP) is 5.13. The lowest BCUT2D eigenvalue weighted by Gasteiger charge is -2.49. The van der Waals surface area contributed by atoms with Gasteiger partial charge in [0, 0.05) is 18.0 Å². The molecule has 1 N–H and O–H groups in total. The minimum Gasteiger partial charge on any atom is -0.507 e. The molecule has 2 aliphatic heterocycles. The maximum absolute atomic E-state index is 14.3. The zero-order chi connectivity index (χ0) is 28.7. The number of aromatic hydroxyl groups is 1. The second kappa shape index (κ2) is 9.26. The van der Waals surface area contributed by atoms with E-state index >= 15 is 0 Å². The fourth-order valence-corrected chi connectivity index (χ4v) is 7.83. The van der Waals surface area contributed by atoms with Crippen LogP contribution in [0.2, 0.25) is 5.02 Å². The third kappa shape index (κ3) is 3.47. The zero-order valence-electron chi connectivity index (χ0n) is 22.5. The van der Waals surface area contributed by atoms with Crippen LogP contribution in [0, 0.1) is 41.8 Å². The van der Waals surface area contributed by atoms with Gasteiger partial charge < -0.3 is 5.11 Å². The van der Waals surface area contributed by atoms with Gasteiger partial charge in [-0.15, -0.1) is 0 Å². The van der Waals surface area contributed by atoms with E-state index in [4.69, 9.17) is 11.6 Å². The highest BCUT2D eigenvalue weighted by Gasteiger charge is 2.67. The van der Waals surface area contributed by atoms with Crippen LogP contribution < -0.4 is 4.90 Å². The van der Waals surface area contributed by atoms with E-state index < -0.39 is 52.6 Å². The molecule has 6 unspecified atom stereocenters. The summed E-state index contributed by atoms with van der Waals surface area (Å²) in [5.74, 6) is -5.13. The van der Waals surface area contributed by atoms with E-state index in [2.05, 4.69) is 0 Å². The number of allylic oxidation sites excluding steroid dienone is 2. The summed E-state index contributed by atoms with van der Waals surface area (Å²) < 4.78 is 14.0. The van der Waals surface area contributed by atoms with Gasteiger partial charge in [0.1, 0.15) is 11.6 Å². The number of hydrogen-bond acceptors (Lipinski definition) is 5. The Morgan fingerprint density at radius 2 is 1.82 bits per heavy atom. The number of hydrogen-bond donors (Lipinski definition) is 1. The molecule has 0 bridgehead atoms. The molecule has 0 radical (unpaired) electrons.